The van der Waals surface area contributed by atoms with Crippen LogP contribution in [-0.2, 0) is 9.53 Å². The third-order valence-electron chi connectivity index (χ3n) is 3.95. The van der Waals surface area contributed by atoms with E-state index >= 15 is 0 Å². The van der Waals surface area contributed by atoms with Gasteiger partial charge in [0.05, 0.1) is 5.54 Å². The summed E-state index contributed by atoms with van der Waals surface area (Å²) in [6.45, 7) is 3.39. The number of carbonyl (C=O) groups excluding carboxylic acids is 1. The summed E-state index contributed by atoms with van der Waals surface area (Å²) in [5, 5.41) is 0. The largest absolute Gasteiger partial charge is 0.381 e. The summed E-state index contributed by atoms with van der Waals surface area (Å²) < 4.78 is 5.31. The molecular weight excluding hydrogens is 204 g/mol. The lowest BCUT2D eigenvalue weighted by atomic mass is 9.94. The molecule has 2 N–H and O–H groups in total. The van der Waals surface area contributed by atoms with Crippen LogP contribution in [0.3, 0.4) is 0 Å². The highest BCUT2D eigenvalue weighted by molar-refractivity contribution is 5.86. The summed E-state index contributed by atoms with van der Waals surface area (Å²) in [5.41, 5.74) is 5.49. The van der Waals surface area contributed by atoms with Crippen molar-refractivity contribution in [2.75, 3.05) is 20.3 Å². The van der Waals surface area contributed by atoms with E-state index in [2.05, 4.69) is 0 Å². The van der Waals surface area contributed by atoms with Crippen molar-refractivity contribution >= 4 is 5.91 Å². The maximum Gasteiger partial charge on any atom is 0.242 e. The number of carbonyl (C=O) groups is 1. The Labute approximate surface area is 97.1 Å². The van der Waals surface area contributed by atoms with Crippen LogP contribution in [-0.4, -0.2) is 42.6 Å². The van der Waals surface area contributed by atoms with Gasteiger partial charge >= 0.3 is 0 Å². The number of amides is 1. The second kappa shape index (κ2) is 4.34. The summed E-state index contributed by atoms with van der Waals surface area (Å²) >= 11 is 0. The number of hydrogen-bond donors (Lipinski definition) is 1. The van der Waals surface area contributed by atoms with Gasteiger partial charge in [0.15, 0.2) is 0 Å². The number of rotatable bonds is 3. The molecule has 1 heterocycles. The Bertz CT molecular complexity index is 268. The van der Waals surface area contributed by atoms with Crippen LogP contribution in [0, 0.1) is 5.92 Å². The first-order chi connectivity index (χ1) is 7.53. The second-order valence-electron chi connectivity index (χ2n) is 5.32. The lowest BCUT2D eigenvalue weighted by Gasteiger charge is -2.36. The minimum atomic E-state index is -0.660. The van der Waals surface area contributed by atoms with Gasteiger partial charge in [-0.1, -0.05) is 0 Å². The zero-order chi connectivity index (χ0) is 11.8. The highest BCUT2D eigenvalue weighted by Crippen LogP contribution is 2.39. The summed E-state index contributed by atoms with van der Waals surface area (Å²) in [6, 6.07) is 0.308. The van der Waals surface area contributed by atoms with E-state index in [4.69, 9.17) is 10.5 Å². The van der Waals surface area contributed by atoms with Crippen molar-refractivity contribution in [3.63, 3.8) is 0 Å². The molecule has 1 saturated heterocycles. The van der Waals surface area contributed by atoms with E-state index in [-0.39, 0.29) is 5.91 Å². The number of nitrogens with two attached hydrogens (primary N) is 1. The van der Waals surface area contributed by atoms with E-state index in [9.17, 15) is 4.79 Å². The molecule has 0 aromatic rings. The molecule has 1 atom stereocenters. The van der Waals surface area contributed by atoms with Crippen LogP contribution in [0.1, 0.15) is 32.6 Å². The van der Waals surface area contributed by atoms with Gasteiger partial charge in [-0.15, -0.1) is 0 Å². The molecule has 4 nitrogen and oxygen atoms in total. The fourth-order valence-electron chi connectivity index (χ4n) is 2.48. The summed E-state index contributed by atoms with van der Waals surface area (Å²) in [5.74, 6) is 0.490. The first kappa shape index (κ1) is 11.9. The van der Waals surface area contributed by atoms with Crippen molar-refractivity contribution in [1.82, 2.24) is 4.90 Å². The Hall–Kier alpha value is -0.610. The van der Waals surface area contributed by atoms with E-state index in [0.29, 0.717) is 12.0 Å². The fourth-order valence-corrected chi connectivity index (χ4v) is 2.48. The van der Waals surface area contributed by atoms with Gasteiger partial charge in [0.2, 0.25) is 5.91 Å². The number of nitrogens with zero attached hydrogens (tertiary/aromatic N) is 1. The lowest BCUT2D eigenvalue weighted by Crippen LogP contribution is -2.56. The molecule has 92 valence electrons. The second-order valence-corrected chi connectivity index (χ2v) is 5.32. The van der Waals surface area contributed by atoms with Gasteiger partial charge in [0.25, 0.3) is 0 Å². The average molecular weight is 226 g/mol. The Kier molecular flexibility index (Phi) is 3.22. The lowest BCUT2D eigenvalue weighted by molar-refractivity contribution is -0.139. The Morgan fingerprint density at radius 1 is 1.31 bits per heavy atom. The molecular formula is C12H22N2O2. The SMILES string of the molecule is CN(C(=O)C(C)(N)C1CC1)C1CCOCC1. The minimum absolute atomic E-state index is 0.0990. The van der Waals surface area contributed by atoms with Crippen LogP contribution < -0.4 is 5.73 Å². The van der Waals surface area contributed by atoms with E-state index in [0.717, 1.165) is 38.9 Å². The molecule has 16 heavy (non-hydrogen) atoms. The Morgan fingerprint density at radius 3 is 2.38 bits per heavy atom. The first-order valence-electron chi connectivity index (χ1n) is 6.17. The van der Waals surface area contributed by atoms with Crippen LogP contribution in [0.4, 0.5) is 0 Å². The summed E-state index contributed by atoms with van der Waals surface area (Å²) in [7, 11) is 1.88. The van der Waals surface area contributed by atoms with Crippen molar-refractivity contribution in [3.05, 3.63) is 0 Å². The molecule has 2 rings (SSSR count). The molecule has 0 bridgehead atoms. The standard InChI is InChI=1S/C12H22N2O2/c1-12(13,9-3-4-9)11(15)14(2)10-5-7-16-8-6-10/h9-10H,3-8,13H2,1-2H3. The van der Waals surface area contributed by atoms with Gasteiger partial charge in [-0.2, -0.15) is 0 Å². The topological polar surface area (TPSA) is 55.6 Å². The van der Waals surface area contributed by atoms with Gasteiger partial charge in [-0.25, -0.2) is 0 Å². The fraction of sp³-hybridized carbons (Fsp3) is 0.917. The highest BCUT2D eigenvalue weighted by Gasteiger charge is 2.46. The van der Waals surface area contributed by atoms with Crippen molar-refractivity contribution in [1.29, 1.82) is 0 Å². The molecule has 1 saturated carbocycles. The monoisotopic (exact) mass is 226 g/mol. The molecule has 0 spiro atoms. The van der Waals surface area contributed by atoms with Gasteiger partial charge in [0.1, 0.15) is 0 Å². The summed E-state index contributed by atoms with van der Waals surface area (Å²) in [4.78, 5) is 14.2. The molecule has 1 amide bonds. The number of hydrogen-bond acceptors (Lipinski definition) is 3. The molecule has 0 aromatic carbocycles. The summed E-state index contributed by atoms with van der Waals surface area (Å²) in [6.07, 6.45) is 4.06. The van der Waals surface area contributed by atoms with Crippen molar-refractivity contribution in [2.24, 2.45) is 11.7 Å². The van der Waals surface area contributed by atoms with Gasteiger partial charge < -0.3 is 15.4 Å². The molecule has 1 aliphatic carbocycles. The normalized spacial score (nSPS) is 26.2. The van der Waals surface area contributed by atoms with Crippen LogP contribution in [0.5, 0.6) is 0 Å². The van der Waals surface area contributed by atoms with E-state index in [1.54, 1.807) is 0 Å². The third kappa shape index (κ3) is 2.23. The Balaban J connectivity index is 1.97. The smallest absolute Gasteiger partial charge is 0.242 e. The van der Waals surface area contributed by atoms with E-state index in [1.165, 1.54) is 0 Å². The molecule has 1 aliphatic heterocycles. The van der Waals surface area contributed by atoms with Crippen LogP contribution >= 0.6 is 0 Å². The number of ether oxygens (including phenoxy) is 1. The number of likely N-dealkylation sites (N-methyl/N-ethyl adjacent to an activating group) is 1. The average Bonchev–Trinajstić information content (AvgIpc) is 3.12. The Morgan fingerprint density at radius 2 is 1.88 bits per heavy atom. The molecule has 1 unspecified atom stereocenters. The van der Waals surface area contributed by atoms with Crippen LogP contribution in [0.2, 0.25) is 0 Å². The van der Waals surface area contributed by atoms with Gasteiger partial charge in [-0.3, -0.25) is 4.79 Å². The maximum absolute atomic E-state index is 12.3. The zero-order valence-electron chi connectivity index (χ0n) is 10.2. The first-order valence-corrected chi connectivity index (χ1v) is 6.17. The third-order valence-corrected chi connectivity index (χ3v) is 3.95. The van der Waals surface area contributed by atoms with Crippen LogP contribution in [0.15, 0.2) is 0 Å². The zero-order valence-corrected chi connectivity index (χ0v) is 10.2. The molecule has 0 aromatic heterocycles. The van der Waals surface area contributed by atoms with E-state index < -0.39 is 5.54 Å². The highest BCUT2D eigenvalue weighted by atomic mass is 16.5. The minimum Gasteiger partial charge on any atom is -0.381 e. The predicted octanol–water partition coefficient (Wildman–Crippen LogP) is 0.751. The van der Waals surface area contributed by atoms with Gasteiger partial charge in [0, 0.05) is 26.3 Å². The van der Waals surface area contributed by atoms with Gasteiger partial charge in [-0.05, 0) is 38.5 Å². The predicted molar refractivity (Wildman–Crippen MR) is 61.9 cm³/mol. The maximum atomic E-state index is 12.3. The van der Waals surface area contributed by atoms with E-state index in [1.807, 2.05) is 18.9 Å². The molecule has 0 radical (unpaired) electrons. The van der Waals surface area contributed by atoms with Crippen molar-refractivity contribution in [2.45, 2.75) is 44.2 Å². The quantitative estimate of drug-likeness (QED) is 0.772. The molecule has 2 aliphatic rings. The van der Waals surface area contributed by atoms with Crippen LogP contribution in [0.25, 0.3) is 0 Å². The molecule has 2 fully saturated rings. The molecule has 4 heteroatoms. The van der Waals surface area contributed by atoms with Crippen molar-refractivity contribution in [3.8, 4) is 0 Å². The van der Waals surface area contributed by atoms with Crippen molar-refractivity contribution < 1.29 is 9.53 Å².